The Morgan fingerprint density at radius 3 is 2.71 bits per heavy atom. The van der Waals surface area contributed by atoms with Gasteiger partial charge in [-0.2, -0.15) is 0 Å². The molecule has 1 aromatic rings. The molecule has 0 saturated carbocycles. The smallest absolute Gasteiger partial charge is 0.152 e. The van der Waals surface area contributed by atoms with Crippen molar-refractivity contribution in [3.8, 4) is 0 Å². The molecule has 2 unspecified atom stereocenters. The highest BCUT2D eigenvalue weighted by molar-refractivity contribution is 9.10. The van der Waals surface area contributed by atoms with Crippen LogP contribution in [0, 0.1) is 0 Å². The van der Waals surface area contributed by atoms with Crippen LogP contribution in [0.4, 0.5) is 5.69 Å². The van der Waals surface area contributed by atoms with Crippen molar-refractivity contribution < 1.29 is 9.53 Å². The third-order valence-electron chi connectivity index (χ3n) is 2.77. The Labute approximate surface area is 109 Å². The summed E-state index contributed by atoms with van der Waals surface area (Å²) in [5.41, 5.74) is 1.54. The first-order valence-corrected chi connectivity index (χ1v) is 6.40. The summed E-state index contributed by atoms with van der Waals surface area (Å²) in [5.74, 6) is 0. The van der Waals surface area contributed by atoms with Crippen LogP contribution in [0.5, 0.6) is 0 Å². The summed E-state index contributed by atoms with van der Waals surface area (Å²) in [7, 11) is 0. The predicted octanol–water partition coefficient (Wildman–Crippen LogP) is 2.27. The highest BCUT2D eigenvalue weighted by Gasteiger charge is 2.24. The molecular weight excluding hydrogens is 284 g/mol. The minimum atomic E-state index is 0.168. The summed E-state index contributed by atoms with van der Waals surface area (Å²) < 4.78 is 6.35. The van der Waals surface area contributed by atoms with E-state index in [1.807, 2.05) is 13.8 Å². The van der Waals surface area contributed by atoms with Gasteiger partial charge >= 0.3 is 0 Å². The van der Waals surface area contributed by atoms with Crippen LogP contribution < -0.4 is 4.90 Å². The van der Waals surface area contributed by atoms with Crippen molar-refractivity contribution in [3.05, 3.63) is 22.4 Å². The maximum atomic E-state index is 11.1. The Kier molecular flexibility index (Phi) is 3.79. The number of carbonyl (C=O) groups is 1. The molecule has 2 heterocycles. The fourth-order valence-corrected chi connectivity index (χ4v) is 2.52. The Balaban J connectivity index is 2.29. The molecule has 2 rings (SSSR count). The summed E-state index contributed by atoms with van der Waals surface area (Å²) in [5, 5.41) is 0. The average molecular weight is 299 g/mol. The van der Waals surface area contributed by atoms with E-state index >= 15 is 0 Å². The van der Waals surface area contributed by atoms with Crippen molar-refractivity contribution in [2.45, 2.75) is 26.1 Å². The van der Waals surface area contributed by atoms with Gasteiger partial charge in [-0.15, -0.1) is 0 Å². The molecule has 92 valence electrons. The first-order valence-electron chi connectivity index (χ1n) is 5.61. The molecule has 0 radical (unpaired) electrons. The zero-order chi connectivity index (χ0) is 12.4. The largest absolute Gasteiger partial charge is 0.372 e. The molecule has 5 heteroatoms. The molecule has 1 aliphatic heterocycles. The summed E-state index contributed by atoms with van der Waals surface area (Å²) in [6.45, 7) is 5.65. The van der Waals surface area contributed by atoms with Gasteiger partial charge in [0.1, 0.15) is 4.60 Å². The van der Waals surface area contributed by atoms with E-state index in [1.165, 1.54) is 0 Å². The molecule has 17 heavy (non-hydrogen) atoms. The molecule has 0 N–H and O–H groups in total. The second kappa shape index (κ2) is 5.14. The molecular formula is C12H15BrN2O2. The van der Waals surface area contributed by atoms with Crippen LogP contribution in [0.25, 0.3) is 0 Å². The molecule has 1 aliphatic rings. The second-order valence-corrected chi connectivity index (χ2v) is 5.16. The van der Waals surface area contributed by atoms with Crippen molar-refractivity contribution in [3.63, 3.8) is 0 Å². The molecule has 0 aromatic carbocycles. The van der Waals surface area contributed by atoms with Gasteiger partial charge in [-0.1, -0.05) is 0 Å². The normalized spacial score (nSPS) is 24.8. The van der Waals surface area contributed by atoms with Crippen molar-refractivity contribution in [2.75, 3.05) is 18.0 Å². The van der Waals surface area contributed by atoms with Crippen molar-refractivity contribution >= 4 is 27.9 Å². The number of nitrogens with zero attached hydrogens (tertiary/aromatic N) is 2. The maximum Gasteiger partial charge on any atom is 0.152 e. The lowest BCUT2D eigenvalue weighted by atomic mass is 10.1. The zero-order valence-electron chi connectivity index (χ0n) is 9.89. The Bertz CT molecular complexity index is 415. The number of aldehydes is 1. The van der Waals surface area contributed by atoms with Gasteiger partial charge in [0.25, 0.3) is 0 Å². The van der Waals surface area contributed by atoms with E-state index in [4.69, 9.17) is 4.74 Å². The van der Waals surface area contributed by atoms with Gasteiger partial charge in [-0.05, 0) is 35.8 Å². The van der Waals surface area contributed by atoms with Crippen LogP contribution >= 0.6 is 15.9 Å². The quantitative estimate of drug-likeness (QED) is 0.620. The monoisotopic (exact) mass is 298 g/mol. The third-order valence-corrected chi connectivity index (χ3v) is 3.20. The predicted molar refractivity (Wildman–Crippen MR) is 69.5 cm³/mol. The van der Waals surface area contributed by atoms with Crippen LogP contribution in [-0.4, -0.2) is 36.6 Å². The number of pyridine rings is 1. The fourth-order valence-electron chi connectivity index (χ4n) is 2.17. The molecule has 4 nitrogen and oxygen atoms in total. The van der Waals surface area contributed by atoms with E-state index < -0.39 is 0 Å². The van der Waals surface area contributed by atoms with E-state index in [0.29, 0.717) is 10.2 Å². The minimum absolute atomic E-state index is 0.168. The number of aromatic nitrogens is 1. The number of halogens is 1. The Morgan fingerprint density at radius 1 is 1.47 bits per heavy atom. The van der Waals surface area contributed by atoms with Crippen molar-refractivity contribution in [2.24, 2.45) is 0 Å². The van der Waals surface area contributed by atoms with Gasteiger partial charge < -0.3 is 9.64 Å². The van der Waals surface area contributed by atoms with Crippen LogP contribution in [0.1, 0.15) is 24.2 Å². The van der Waals surface area contributed by atoms with E-state index in [0.717, 1.165) is 25.1 Å². The maximum absolute atomic E-state index is 11.1. The van der Waals surface area contributed by atoms with Gasteiger partial charge in [0, 0.05) is 18.7 Å². The zero-order valence-corrected chi connectivity index (χ0v) is 11.5. The Morgan fingerprint density at radius 2 is 2.12 bits per heavy atom. The second-order valence-electron chi connectivity index (χ2n) is 4.35. The molecule has 1 aromatic heterocycles. The summed E-state index contributed by atoms with van der Waals surface area (Å²) >= 11 is 3.27. The Hall–Kier alpha value is -0.940. The van der Waals surface area contributed by atoms with Gasteiger partial charge in [-0.25, -0.2) is 4.98 Å². The van der Waals surface area contributed by atoms with E-state index in [2.05, 4.69) is 25.8 Å². The number of hydrogen-bond donors (Lipinski definition) is 0. The molecule has 2 atom stereocenters. The molecule has 0 bridgehead atoms. The molecule has 0 spiro atoms. The number of ether oxygens (including phenoxy) is 1. The first-order chi connectivity index (χ1) is 8.10. The lowest BCUT2D eigenvalue weighted by molar-refractivity contribution is -0.00527. The standard InChI is InChI=1S/C12H15BrN2O2/c1-8-5-15(6-9(2)17-8)11-4-14-12(13)3-10(11)7-16/h3-4,7-9H,5-6H2,1-2H3. The van der Waals surface area contributed by atoms with Crippen LogP contribution in [0.3, 0.4) is 0 Å². The molecule has 0 amide bonds. The van der Waals surface area contributed by atoms with Gasteiger partial charge in [0.2, 0.25) is 0 Å². The van der Waals surface area contributed by atoms with E-state index in [9.17, 15) is 4.79 Å². The SMILES string of the molecule is CC1CN(c2cnc(Br)cc2C=O)CC(C)O1. The lowest BCUT2D eigenvalue weighted by Crippen LogP contribution is -2.45. The fraction of sp³-hybridized carbons (Fsp3) is 0.500. The highest BCUT2D eigenvalue weighted by atomic mass is 79.9. The van der Waals surface area contributed by atoms with Gasteiger partial charge in [-0.3, -0.25) is 4.79 Å². The van der Waals surface area contributed by atoms with Crippen LogP contribution in [0.15, 0.2) is 16.9 Å². The van der Waals surface area contributed by atoms with Crippen molar-refractivity contribution in [1.29, 1.82) is 0 Å². The highest BCUT2D eigenvalue weighted by Crippen LogP contribution is 2.24. The van der Waals surface area contributed by atoms with Crippen LogP contribution in [-0.2, 0) is 4.74 Å². The lowest BCUT2D eigenvalue weighted by Gasteiger charge is -2.37. The first kappa shape index (κ1) is 12.5. The molecule has 1 saturated heterocycles. The number of anilines is 1. The summed E-state index contributed by atoms with van der Waals surface area (Å²) in [6.07, 6.45) is 2.94. The summed E-state index contributed by atoms with van der Waals surface area (Å²) in [6, 6.07) is 1.74. The van der Waals surface area contributed by atoms with E-state index in [-0.39, 0.29) is 12.2 Å². The van der Waals surface area contributed by atoms with E-state index in [1.54, 1.807) is 12.3 Å². The number of rotatable bonds is 2. The molecule has 0 aliphatic carbocycles. The number of morpholine rings is 1. The molecule has 1 fully saturated rings. The van der Waals surface area contributed by atoms with Gasteiger partial charge in [0.05, 0.1) is 24.1 Å². The minimum Gasteiger partial charge on any atom is -0.372 e. The van der Waals surface area contributed by atoms with Crippen LogP contribution in [0.2, 0.25) is 0 Å². The number of carbonyl (C=O) groups excluding carboxylic acids is 1. The third kappa shape index (κ3) is 2.84. The average Bonchev–Trinajstić information content (AvgIpc) is 2.27. The number of hydrogen-bond acceptors (Lipinski definition) is 4. The topological polar surface area (TPSA) is 42.4 Å². The van der Waals surface area contributed by atoms with Gasteiger partial charge in [0.15, 0.2) is 6.29 Å². The summed E-state index contributed by atoms with van der Waals surface area (Å²) in [4.78, 5) is 17.4. The van der Waals surface area contributed by atoms with Crippen molar-refractivity contribution in [1.82, 2.24) is 4.98 Å².